The Balaban J connectivity index is 1.66. The maximum atomic E-state index is 13.0. The number of para-hydroxylation sites is 1. The van der Waals surface area contributed by atoms with Gasteiger partial charge in [-0.2, -0.15) is 0 Å². The second-order valence-electron chi connectivity index (χ2n) is 8.32. The zero-order valence-corrected chi connectivity index (χ0v) is 21.1. The molecular weight excluding hydrogens is 476 g/mol. The fourth-order valence-corrected chi connectivity index (χ4v) is 4.08. The van der Waals surface area contributed by atoms with Crippen molar-refractivity contribution in [2.45, 2.75) is 40.0 Å². The van der Waals surface area contributed by atoms with E-state index in [4.69, 9.17) is 14.2 Å². The number of carbonyl (C=O) groups is 1. The van der Waals surface area contributed by atoms with E-state index in [1.807, 2.05) is 60.4 Å². The van der Waals surface area contributed by atoms with Crippen molar-refractivity contribution in [2.75, 3.05) is 20.3 Å². The van der Waals surface area contributed by atoms with Crippen molar-refractivity contribution in [1.82, 2.24) is 30.1 Å². The highest BCUT2D eigenvalue weighted by Crippen LogP contribution is 2.23. The van der Waals surface area contributed by atoms with Gasteiger partial charge in [0.15, 0.2) is 5.82 Å². The number of hydrogen-bond donors (Lipinski definition) is 1. The minimum atomic E-state index is -0.427. The third-order valence-corrected chi connectivity index (χ3v) is 5.74. The lowest BCUT2D eigenvalue weighted by molar-refractivity contribution is -0.144. The van der Waals surface area contributed by atoms with Crippen molar-refractivity contribution >= 4 is 16.9 Å². The third-order valence-electron chi connectivity index (χ3n) is 5.74. The van der Waals surface area contributed by atoms with Crippen LogP contribution in [0.4, 0.5) is 0 Å². The van der Waals surface area contributed by atoms with Crippen molar-refractivity contribution in [3.63, 3.8) is 0 Å². The van der Waals surface area contributed by atoms with E-state index in [0.29, 0.717) is 31.1 Å². The van der Waals surface area contributed by atoms with Crippen LogP contribution >= 0.6 is 0 Å². The fourth-order valence-electron chi connectivity index (χ4n) is 4.08. The summed E-state index contributed by atoms with van der Waals surface area (Å²) in [6, 6.07) is 15.1. The van der Waals surface area contributed by atoms with E-state index in [1.165, 1.54) is 4.68 Å². The van der Waals surface area contributed by atoms with Gasteiger partial charge in [0.1, 0.15) is 18.0 Å². The van der Waals surface area contributed by atoms with Crippen molar-refractivity contribution in [2.24, 2.45) is 0 Å². The lowest BCUT2D eigenvalue weighted by Gasteiger charge is -2.23. The number of pyridine rings is 1. The number of fused-ring (bicyclic) bond motifs is 1. The van der Waals surface area contributed by atoms with Gasteiger partial charge in [-0.25, -0.2) is 4.68 Å². The standard InChI is InChI=1S/C26H30N6O5/c1-4-36-21-10-11-22-19(13-21)12-20(26(34)27-22)15-31(14-18-8-6-7-9-23(18)35-3)16-24-28-29-30-32(24)17-25(33)37-5-2/h6-13H,4-5,14-17H2,1-3H3,(H,27,34). The molecule has 0 aliphatic rings. The van der Waals surface area contributed by atoms with Gasteiger partial charge in [-0.3, -0.25) is 14.5 Å². The van der Waals surface area contributed by atoms with Crippen molar-refractivity contribution in [1.29, 1.82) is 0 Å². The van der Waals surface area contributed by atoms with Crippen LogP contribution in [-0.4, -0.2) is 56.4 Å². The molecule has 1 N–H and O–H groups in total. The quantitative estimate of drug-likeness (QED) is 0.289. The Bertz CT molecular complexity index is 1420. The third kappa shape index (κ3) is 6.50. The molecule has 0 atom stereocenters. The predicted molar refractivity (Wildman–Crippen MR) is 136 cm³/mol. The minimum absolute atomic E-state index is 0.102. The molecule has 0 spiro atoms. The van der Waals surface area contributed by atoms with Crippen LogP contribution in [-0.2, 0) is 35.7 Å². The number of rotatable bonds is 12. The summed E-state index contributed by atoms with van der Waals surface area (Å²) in [7, 11) is 1.62. The summed E-state index contributed by atoms with van der Waals surface area (Å²) in [6.45, 7) is 5.41. The monoisotopic (exact) mass is 506 g/mol. The maximum Gasteiger partial charge on any atom is 0.327 e. The molecule has 4 rings (SSSR count). The molecule has 0 saturated heterocycles. The second kappa shape index (κ2) is 12.1. The largest absolute Gasteiger partial charge is 0.496 e. The summed E-state index contributed by atoms with van der Waals surface area (Å²) < 4.78 is 17.6. The molecule has 2 heterocycles. The maximum absolute atomic E-state index is 13.0. The Morgan fingerprint density at radius 2 is 1.84 bits per heavy atom. The molecule has 0 unspecified atom stereocenters. The molecule has 0 radical (unpaired) electrons. The average Bonchev–Trinajstić information content (AvgIpc) is 3.31. The molecule has 4 aromatic rings. The topological polar surface area (TPSA) is 124 Å². The molecule has 0 amide bonds. The van der Waals surface area contributed by atoms with Gasteiger partial charge in [0, 0.05) is 35.1 Å². The van der Waals surface area contributed by atoms with Crippen LogP contribution < -0.4 is 15.0 Å². The van der Waals surface area contributed by atoms with Gasteiger partial charge in [0.25, 0.3) is 5.56 Å². The van der Waals surface area contributed by atoms with Crippen molar-refractivity contribution in [3.05, 3.63) is 75.8 Å². The van der Waals surface area contributed by atoms with E-state index in [0.717, 1.165) is 28.0 Å². The Labute approximate surface area is 214 Å². The van der Waals surface area contributed by atoms with Gasteiger partial charge in [-0.05, 0) is 54.6 Å². The molecule has 11 heteroatoms. The molecule has 0 aliphatic heterocycles. The first-order chi connectivity index (χ1) is 18.0. The molecule has 2 aromatic heterocycles. The highest BCUT2D eigenvalue weighted by atomic mass is 16.5. The number of carbonyl (C=O) groups excluding carboxylic acids is 1. The van der Waals surface area contributed by atoms with Crippen LogP contribution in [0.2, 0.25) is 0 Å². The Morgan fingerprint density at radius 3 is 2.62 bits per heavy atom. The lowest BCUT2D eigenvalue weighted by atomic mass is 10.1. The summed E-state index contributed by atoms with van der Waals surface area (Å²) in [4.78, 5) is 30.0. The molecule has 194 valence electrons. The van der Waals surface area contributed by atoms with E-state index in [1.54, 1.807) is 14.0 Å². The van der Waals surface area contributed by atoms with Crippen LogP contribution in [0.15, 0.2) is 53.3 Å². The van der Waals surface area contributed by atoms with Crippen molar-refractivity contribution < 1.29 is 19.0 Å². The number of aromatic nitrogens is 5. The molecular formula is C26H30N6O5. The number of H-pyrrole nitrogens is 1. The smallest absolute Gasteiger partial charge is 0.327 e. The number of tetrazole rings is 1. The number of nitrogens with zero attached hydrogens (tertiary/aromatic N) is 5. The van der Waals surface area contributed by atoms with Crippen LogP contribution in [0.1, 0.15) is 30.8 Å². The highest BCUT2D eigenvalue weighted by molar-refractivity contribution is 5.80. The minimum Gasteiger partial charge on any atom is -0.496 e. The number of methoxy groups -OCH3 is 1. The number of esters is 1. The molecule has 0 fully saturated rings. The van der Waals surface area contributed by atoms with Crippen molar-refractivity contribution in [3.8, 4) is 11.5 Å². The van der Waals surface area contributed by atoms with E-state index in [2.05, 4.69) is 20.5 Å². The Morgan fingerprint density at radius 1 is 1.03 bits per heavy atom. The SMILES string of the molecule is CCOC(=O)Cn1nnnc1CN(Cc1ccccc1OC)Cc1cc2cc(OCC)ccc2[nH]c1=O. The molecule has 11 nitrogen and oxygen atoms in total. The Hall–Kier alpha value is -4.25. The van der Waals surface area contributed by atoms with Crippen LogP contribution in [0.5, 0.6) is 11.5 Å². The van der Waals surface area contributed by atoms with Gasteiger partial charge in [-0.15, -0.1) is 5.10 Å². The van der Waals surface area contributed by atoms with Crippen LogP contribution in [0.25, 0.3) is 10.9 Å². The van der Waals surface area contributed by atoms with Gasteiger partial charge < -0.3 is 19.2 Å². The van der Waals surface area contributed by atoms with E-state index < -0.39 is 5.97 Å². The van der Waals surface area contributed by atoms with Gasteiger partial charge >= 0.3 is 5.97 Å². The first-order valence-electron chi connectivity index (χ1n) is 12.0. The summed E-state index contributed by atoms with van der Waals surface area (Å²) in [6.07, 6.45) is 0. The number of benzene rings is 2. The number of aromatic amines is 1. The second-order valence-corrected chi connectivity index (χ2v) is 8.32. The van der Waals surface area contributed by atoms with Gasteiger partial charge in [0.2, 0.25) is 0 Å². The summed E-state index contributed by atoms with van der Waals surface area (Å²) in [5, 5.41) is 12.7. The molecule has 0 aliphatic carbocycles. The zero-order valence-electron chi connectivity index (χ0n) is 21.1. The van der Waals surface area contributed by atoms with E-state index >= 15 is 0 Å². The van der Waals surface area contributed by atoms with Crippen LogP contribution in [0.3, 0.4) is 0 Å². The fraction of sp³-hybridized carbons (Fsp3) is 0.346. The number of hydrogen-bond acceptors (Lipinski definition) is 9. The first kappa shape index (κ1) is 25.8. The molecule has 0 saturated carbocycles. The number of nitrogens with one attached hydrogen (secondary N) is 1. The molecule has 2 aromatic carbocycles. The summed E-state index contributed by atoms with van der Waals surface area (Å²) >= 11 is 0. The van der Waals surface area contributed by atoms with Gasteiger partial charge in [-0.1, -0.05) is 18.2 Å². The zero-order chi connectivity index (χ0) is 26.2. The molecule has 37 heavy (non-hydrogen) atoms. The average molecular weight is 507 g/mol. The molecule has 0 bridgehead atoms. The van der Waals surface area contributed by atoms with Gasteiger partial charge in [0.05, 0.1) is 26.9 Å². The Kier molecular flexibility index (Phi) is 8.47. The summed E-state index contributed by atoms with van der Waals surface area (Å²) in [5.74, 6) is 1.51. The normalized spacial score (nSPS) is 11.1. The summed E-state index contributed by atoms with van der Waals surface area (Å²) in [5.41, 5.74) is 2.05. The van der Waals surface area contributed by atoms with E-state index in [-0.39, 0.29) is 25.3 Å². The predicted octanol–water partition coefficient (Wildman–Crippen LogP) is 2.69. The first-order valence-corrected chi connectivity index (χ1v) is 12.0. The van der Waals surface area contributed by atoms with Crippen LogP contribution in [0, 0.1) is 0 Å². The lowest BCUT2D eigenvalue weighted by Crippen LogP contribution is -2.28. The van der Waals surface area contributed by atoms with E-state index in [9.17, 15) is 9.59 Å². The highest BCUT2D eigenvalue weighted by Gasteiger charge is 2.18. The number of ether oxygens (including phenoxy) is 3.